The Kier molecular flexibility index (Phi) is 33.5. The van der Waals surface area contributed by atoms with Crippen molar-refractivity contribution in [3.8, 4) is 23.0 Å². The van der Waals surface area contributed by atoms with E-state index in [0.717, 1.165) is 28.0 Å². The molecule has 0 bridgehead atoms. The molecule has 0 atom stereocenters. The molecule has 0 unspecified atom stereocenters. The zero-order valence-corrected chi connectivity index (χ0v) is 68.4. The highest BCUT2D eigenvalue weighted by atomic mass is 79.9. The summed E-state index contributed by atoms with van der Waals surface area (Å²) >= 11 is 9.57. The highest BCUT2D eigenvalue weighted by Gasteiger charge is 2.48. The summed E-state index contributed by atoms with van der Waals surface area (Å²) in [6.45, 7) is 15.0. The van der Waals surface area contributed by atoms with Crippen LogP contribution in [0.3, 0.4) is 0 Å². The number of nitrogens with two attached hydrogens (primary N) is 2. The summed E-state index contributed by atoms with van der Waals surface area (Å²) < 4.78 is 53.7. The minimum absolute atomic E-state index is 0. The van der Waals surface area contributed by atoms with E-state index in [0.29, 0.717) is 173 Å². The topological polar surface area (TPSA) is 434 Å². The number of aromatic amines is 1. The van der Waals surface area contributed by atoms with Crippen LogP contribution < -0.4 is 84.6 Å². The number of carbonyl (C=O) groups excluding carboxylic acids is 6. The number of nitrogen functional groups attached to an aromatic ring is 1. The van der Waals surface area contributed by atoms with E-state index in [1.807, 2.05) is 44.2 Å². The molecule has 8 aromatic rings. The smallest absolute Gasteiger partial charge is 0.341 e. The third-order valence-electron chi connectivity index (χ3n) is 19.5. The molecule has 36 heteroatoms. The number of pyridine rings is 6. The summed E-state index contributed by atoms with van der Waals surface area (Å²) in [5.41, 5.74) is 15.2. The number of hydrogen-bond acceptors (Lipinski definition) is 25. The number of aromatic nitrogens is 6. The zero-order chi connectivity index (χ0) is 81.8. The molecule has 33 nitrogen and oxygen atoms in total. The average molecular weight is 1820 g/mol. The van der Waals surface area contributed by atoms with Gasteiger partial charge in [0.1, 0.15) is 91.2 Å². The van der Waals surface area contributed by atoms with E-state index in [9.17, 15) is 47.9 Å². The van der Waals surface area contributed by atoms with E-state index in [4.69, 9.17) is 54.1 Å². The fourth-order valence-electron chi connectivity index (χ4n) is 13.8. The summed E-state index contributed by atoms with van der Waals surface area (Å²) in [5, 5.41) is 18.5. The van der Waals surface area contributed by atoms with Crippen LogP contribution in [0.1, 0.15) is 178 Å². The Balaban J connectivity index is 0.000000240. The second kappa shape index (κ2) is 41.3. The molecule has 117 heavy (non-hydrogen) atoms. The molecule has 0 saturated carbocycles. The molecule has 11 N–H and O–H groups in total. The molecule has 3 saturated heterocycles. The molecule has 0 radical (unpaired) electrons. The van der Waals surface area contributed by atoms with Crippen LogP contribution in [0.15, 0.2) is 118 Å². The number of fused-ring (bicyclic) bond motifs is 6. The lowest BCUT2D eigenvalue weighted by Gasteiger charge is -2.35. The zero-order valence-electron chi connectivity index (χ0n) is 63.7. The highest BCUT2D eigenvalue weighted by molar-refractivity contribution is 9.11. The number of H-pyrrole nitrogens is 1. The number of nitrogens with one attached hydrogen (secondary N) is 7. The molecule has 6 aliphatic rings. The van der Waals surface area contributed by atoms with Crippen LogP contribution in [0.25, 0.3) is 0 Å². The fraction of sp³-hybridized carbons (Fsp3) is 0.407. The Morgan fingerprint density at radius 3 is 1.26 bits per heavy atom. The standard InChI is InChI=1S/C29H33N5O7.C17H21N3O4.2C12H13BrN2O3.C7H7BrN2O2.4CH4/c1-5-41-28(37)20-16-31-24(30-15-18-6-7-19(38-3)13-23(18)39-4)14-21(20)32-22-12-17(2)25-26(35)33-29(34(25)27(22)36)8-10-40-11-9-29;1-4-24-17(21)13-10-20-16(8-14(13)18)19-9-11-5-6-12(22-2)7-15(11)23-3;2*1-7-6-8(13)11(17)15-9(7)10(16)14-12(15)2-4-18-5-3-12;1-3-2-4(8)7(12)10-5(3)6(9)11;;;;/h6-7,12-14,16H,5,8-11,15H2,1-4H3,(H,33,35)(H2,30,31,32);5-8,10H,4,9H2,1-3H3,(H3,18,19,20);2*6H,2-5H2,1H3,(H,14,16);2H,1H3,(H2,9,11)(H,10,12);4*1H4. The molecule has 4 amide bonds. The molecule has 3 fully saturated rings. The number of carbonyl (C=O) groups is 6. The van der Waals surface area contributed by atoms with Crippen molar-refractivity contribution in [2.24, 2.45) is 5.73 Å². The van der Waals surface area contributed by atoms with Gasteiger partial charge in [-0.2, -0.15) is 0 Å². The van der Waals surface area contributed by atoms with Gasteiger partial charge in [0.25, 0.3) is 45.9 Å². The second-order valence-electron chi connectivity index (χ2n) is 26.6. The van der Waals surface area contributed by atoms with Gasteiger partial charge in [0.2, 0.25) is 0 Å². The largest absolute Gasteiger partial charge is 0.497 e. The minimum Gasteiger partial charge on any atom is -0.497 e. The molecule has 632 valence electrons. The average Bonchev–Trinajstić information content (AvgIpc) is 1.59. The summed E-state index contributed by atoms with van der Waals surface area (Å²) in [7, 11) is 6.37. The Hall–Kier alpha value is -10.9. The quantitative estimate of drug-likeness (QED) is 0.0382. The van der Waals surface area contributed by atoms with Crippen LogP contribution in [-0.2, 0) is 53.8 Å². The molecule has 0 aliphatic carbocycles. The van der Waals surface area contributed by atoms with Crippen LogP contribution in [-0.4, -0.2) is 146 Å². The van der Waals surface area contributed by atoms with Gasteiger partial charge in [0.05, 0.1) is 106 Å². The van der Waals surface area contributed by atoms with Crippen molar-refractivity contribution in [2.45, 2.75) is 140 Å². The summed E-state index contributed by atoms with van der Waals surface area (Å²) in [5.74, 6) is 1.43. The van der Waals surface area contributed by atoms with Crippen molar-refractivity contribution in [2.75, 3.05) is 103 Å². The first-order valence-electron chi connectivity index (χ1n) is 35.8. The fourth-order valence-corrected chi connectivity index (χ4v) is 15.3. The van der Waals surface area contributed by atoms with Gasteiger partial charge in [0, 0.05) is 99.4 Å². The monoisotopic (exact) mass is 1810 g/mol. The number of halogens is 3. The van der Waals surface area contributed by atoms with E-state index >= 15 is 0 Å². The van der Waals surface area contributed by atoms with Gasteiger partial charge in [-0.05, 0) is 160 Å². The van der Waals surface area contributed by atoms with Crippen molar-refractivity contribution < 1.29 is 71.4 Å². The first-order valence-corrected chi connectivity index (χ1v) is 38.2. The maximum Gasteiger partial charge on any atom is 0.341 e. The molecule has 12 heterocycles. The molecule has 2 aromatic carbocycles. The normalized spacial score (nSPS) is 14.8. The Morgan fingerprint density at radius 2 is 0.872 bits per heavy atom. The number of methoxy groups -OCH3 is 4. The number of ether oxygens (including phenoxy) is 9. The number of aryl methyl sites for hydroxylation is 4. The number of benzene rings is 2. The predicted molar refractivity (Wildman–Crippen MR) is 455 cm³/mol. The lowest BCUT2D eigenvalue weighted by atomic mass is 10.0. The van der Waals surface area contributed by atoms with Gasteiger partial charge in [-0.3, -0.25) is 52.1 Å². The van der Waals surface area contributed by atoms with E-state index in [1.54, 1.807) is 108 Å². The predicted octanol–water partition coefficient (Wildman–Crippen LogP) is 11.1. The van der Waals surface area contributed by atoms with Crippen molar-refractivity contribution in [1.82, 2.24) is 44.6 Å². The number of esters is 2. The number of rotatable bonds is 17. The lowest BCUT2D eigenvalue weighted by molar-refractivity contribution is 0.0114. The van der Waals surface area contributed by atoms with Crippen molar-refractivity contribution in [1.29, 1.82) is 0 Å². The van der Waals surface area contributed by atoms with Crippen LogP contribution in [0.4, 0.5) is 28.7 Å². The van der Waals surface area contributed by atoms with E-state index in [1.165, 1.54) is 17.0 Å². The Bertz CT molecular complexity index is 5140. The first kappa shape index (κ1) is 94.9. The Labute approximate surface area is 702 Å². The highest BCUT2D eigenvalue weighted by Crippen LogP contribution is 2.38. The van der Waals surface area contributed by atoms with Gasteiger partial charge in [0.15, 0.2) is 0 Å². The van der Waals surface area contributed by atoms with Crippen LogP contribution in [0, 0.1) is 27.7 Å². The Morgan fingerprint density at radius 1 is 0.496 bits per heavy atom. The van der Waals surface area contributed by atoms with Crippen LogP contribution in [0.5, 0.6) is 23.0 Å². The maximum absolute atomic E-state index is 13.9. The summed E-state index contributed by atoms with van der Waals surface area (Å²) in [4.78, 5) is 133. The second-order valence-corrected chi connectivity index (χ2v) is 29.2. The molecule has 6 aliphatic heterocycles. The van der Waals surface area contributed by atoms with Crippen molar-refractivity contribution in [3.05, 3.63) is 207 Å². The van der Waals surface area contributed by atoms with E-state index in [2.05, 4.69) is 94.6 Å². The third kappa shape index (κ3) is 20.7. The molecule has 3 spiro atoms. The lowest BCUT2D eigenvalue weighted by Crippen LogP contribution is -2.51. The van der Waals surface area contributed by atoms with Gasteiger partial charge < -0.3 is 91.0 Å². The minimum atomic E-state index is -0.851. The number of hydrogen-bond donors (Lipinski definition) is 9. The van der Waals surface area contributed by atoms with E-state index in [-0.39, 0.29) is 105 Å². The third-order valence-corrected chi connectivity index (χ3v) is 21.2. The van der Waals surface area contributed by atoms with Gasteiger partial charge in [-0.25, -0.2) is 19.6 Å². The summed E-state index contributed by atoms with van der Waals surface area (Å²) in [6.07, 6.45) is 6.26. The van der Waals surface area contributed by atoms with Gasteiger partial charge >= 0.3 is 11.9 Å². The molecular formula is C81H103Br3N14O19. The number of nitrogens with zero attached hydrogens (tertiary/aromatic N) is 5. The van der Waals surface area contributed by atoms with Crippen molar-refractivity contribution >= 4 is 112 Å². The van der Waals surface area contributed by atoms with Crippen molar-refractivity contribution in [3.63, 3.8) is 0 Å². The maximum atomic E-state index is 13.9. The number of primary amides is 1. The van der Waals surface area contributed by atoms with E-state index < -0.39 is 34.8 Å². The molecule has 6 aromatic heterocycles. The number of amides is 4. The van der Waals surface area contributed by atoms with Gasteiger partial charge in [-0.15, -0.1) is 0 Å². The summed E-state index contributed by atoms with van der Waals surface area (Å²) in [6, 6.07) is 20.9. The molecular weight excluding hydrogens is 1710 g/mol. The SMILES string of the molecule is C.C.C.C.CCOC(=O)c1cnc(NCc2ccc(OC)cc2OC)cc1N.CCOC(=O)c1cnc(NCc2ccc(OC)cc2OC)cc1Nc1cc(C)c2n(c1=O)C1(CCOCC1)NC2=O.Cc1cc(Br)c(=O)[nH]c1C(N)=O.Cc1cc(Br)c(=O)n2c1C(=O)NC21CCOCC1.Cc1cc(Br)c(=O)n2c1C(=O)NC21CCOCC1. The van der Waals surface area contributed by atoms with Gasteiger partial charge in [-0.1, -0.05) is 29.7 Å². The number of anilines is 5. The first-order chi connectivity index (χ1) is 54.0. The molecule has 14 rings (SSSR count). The van der Waals surface area contributed by atoms with Crippen LogP contribution in [0.2, 0.25) is 0 Å². The van der Waals surface area contributed by atoms with Crippen LogP contribution >= 0.6 is 47.8 Å².